The molecule has 29 heavy (non-hydrogen) atoms. The number of sulfonamides is 1. The summed E-state index contributed by atoms with van der Waals surface area (Å²) in [6.07, 6.45) is 5.06. The van der Waals surface area contributed by atoms with Crippen molar-refractivity contribution in [3.8, 4) is 0 Å². The van der Waals surface area contributed by atoms with E-state index in [1.165, 1.54) is 37.8 Å². The molecule has 0 saturated heterocycles. The van der Waals surface area contributed by atoms with Crippen LogP contribution in [-0.4, -0.2) is 20.4 Å². The number of amides is 1. The molecule has 2 saturated carbocycles. The molecule has 4 unspecified atom stereocenters. The first kappa shape index (κ1) is 20.4. The highest BCUT2D eigenvalue weighted by molar-refractivity contribution is 9.10. The van der Waals surface area contributed by atoms with Crippen LogP contribution >= 0.6 is 15.9 Å². The zero-order valence-electron chi connectivity index (χ0n) is 16.3. The van der Waals surface area contributed by atoms with E-state index in [1.807, 2.05) is 0 Å². The van der Waals surface area contributed by atoms with Gasteiger partial charge in [0.1, 0.15) is 0 Å². The molecule has 4 atom stereocenters. The molecule has 2 aliphatic rings. The monoisotopic (exact) mass is 476 g/mol. The Morgan fingerprint density at radius 2 is 1.79 bits per heavy atom. The van der Waals surface area contributed by atoms with Crippen LogP contribution < -0.4 is 10.0 Å². The second-order valence-corrected chi connectivity index (χ2v) is 10.8. The van der Waals surface area contributed by atoms with Crippen LogP contribution in [0.5, 0.6) is 0 Å². The van der Waals surface area contributed by atoms with Gasteiger partial charge >= 0.3 is 0 Å². The van der Waals surface area contributed by atoms with Gasteiger partial charge in [-0.1, -0.05) is 34.5 Å². The number of hydrogen-bond acceptors (Lipinski definition) is 3. The van der Waals surface area contributed by atoms with Gasteiger partial charge in [-0.15, -0.1) is 0 Å². The first-order valence-corrected chi connectivity index (χ1v) is 12.3. The van der Waals surface area contributed by atoms with Crippen molar-refractivity contribution in [1.29, 1.82) is 0 Å². The van der Waals surface area contributed by atoms with Gasteiger partial charge in [-0.2, -0.15) is 0 Å². The fourth-order valence-electron chi connectivity index (χ4n) is 4.89. The van der Waals surface area contributed by atoms with Gasteiger partial charge in [0.05, 0.1) is 16.1 Å². The number of fused-ring (bicyclic) bond motifs is 2. The topological polar surface area (TPSA) is 75.3 Å². The Balaban J connectivity index is 1.50. The maximum absolute atomic E-state index is 13.0. The summed E-state index contributed by atoms with van der Waals surface area (Å²) in [6, 6.07) is 13.2. The Morgan fingerprint density at radius 1 is 1.07 bits per heavy atom. The van der Waals surface area contributed by atoms with Gasteiger partial charge in [0.2, 0.25) is 0 Å². The summed E-state index contributed by atoms with van der Waals surface area (Å²) in [5.41, 5.74) is 0.622. The largest absolute Gasteiger partial charge is 0.349 e. The molecule has 2 N–H and O–H groups in total. The van der Waals surface area contributed by atoms with E-state index in [9.17, 15) is 13.2 Å². The van der Waals surface area contributed by atoms with Crippen molar-refractivity contribution in [2.45, 2.75) is 43.5 Å². The molecule has 2 bridgehead atoms. The van der Waals surface area contributed by atoms with Crippen molar-refractivity contribution >= 4 is 37.5 Å². The van der Waals surface area contributed by atoms with E-state index in [4.69, 9.17) is 0 Å². The van der Waals surface area contributed by atoms with Gasteiger partial charge in [-0.3, -0.25) is 9.52 Å². The van der Waals surface area contributed by atoms with E-state index in [1.54, 1.807) is 36.4 Å². The molecule has 0 aromatic heterocycles. The molecule has 2 aliphatic carbocycles. The van der Waals surface area contributed by atoms with Crippen molar-refractivity contribution in [1.82, 2.24) is 5.32 Å². The van der Waals surface area contributed by atoms with Gasteiger partial charge in [0.25, 0.3) is 15.9 Å². The Hall–Kier alpha value is -1.86. The Bertz CT molecular complexity index is 1010. The van der Waals surface area contributed by atoms with E-state index < -0.39 is 10.0 Å². The number of halogens is 1. The minimum absolute atomic E-state index is 0.0777. The third-order valence-electron chi connectivity index (χ3n) is 6.33. The molecule has 154 valence electrons. The average Bonchev–Trinajstić information content (AvgIpc) is 3.32. The number of para-hydroxylation sites is 1. The Morgan fingerprint density at radius 3 is 2.45 bits per heavy atom. The van der Waals surface area contributed by atoms with Crippen molar-refractivity contribution < 1.29 is 13.2 Å². The van der Waals surface area contributed by atoms with Gasteiger partial charge in [-0.25, -0.2) is 8.42 Å². The van der Waals surface area contributed by atoms with Crippen molar-refractivity contribution in [3.63, 3.8) is 0 Å². The molecule has 1 amide bonds. The summed E-state index contributed by atoms with van der Waals surface area (Å²) in [5.74, 6) is 1.80. The normalized spacial score (nSPS) is 24.3. The standard InChI is InChI=1S/C22H25BrN2O3S/c1-14(20-13-15-6-7-16(20)12-15)24-22(26)19-4-2-3-5-21(19)25-29(27,28)18-10-8-17(23)9-11-18/h2-5,8-11,14-16,20,25H,6-7,12-13H2,1H3,(H,24,26). The highest BCUT2D eigenvalue weighted by Gasteiger charge is 2.42. The van der Waals surface area contributed by atoms with Crippen LogP contribution in [0, 0.1) is 17.8 Å². The summed E-state index contributed by atoms with van der Waals surface area (Å²) < 4.78 is 28.9. The van der Waals surface area contributed by atoms with Crippen LogP contribution in [0.3, 0.4) is 0 Å². The third-order valence-corrected chi connectivity index (χ3v) is 8.24. The predicted molar refractivity (Wildman–Crippen MR) is 117 cm³/mol. The molecule has 0 radical (unpaired) electrons. The second kappa shape index (κ2) is 8.11. The van der Waals surface area contributed by atoms with Crippen molar-refractivity contribution in [2.24, 2.45) is 17.8 Å². The lowest BCUT2D eigenvalue weighted by Crippen LogP contribution is -2.40. The number of carbonyl (C=O) groups is 1. The highest BCUT2D eigenvalue weighted by Crippen LogP contribution is 2.49. The molecule has 2 aromatic carbocycles. The number of nitrogens with one attached hydrogen (secondary N) is 2. The predicted octanol–water partition coefficient (Wildman–Crippen LogP) is 4.80. The molecule has 2 aromatic rings. The smallest absolute Gasteiger partial charge is 0.261 e. The lowest BCUT2D eigenvalue weighted by Gasteiger charge is -2.28. The van der Waals surface area contributed by atoms with Gasteiger partial charge in [0.15, 0.2) is 0 Å². The van der Waals surface area contributed by atoms with Crippen LogP contribution in [0.4, 0.5) is 5.69 Å². The molecule has 7 heteroatoms. The van der Waals surface area contributed by atoms with Gasteiger partial charge in [-0.05, 0) is 80.3 Å². The van der Waals surface area contributed by atoms with Crippen LogP contribution in [0.25, 0.3) is 0 Å². The maximum atomic E-state index is 13.0. The van der Waals surface area contributed by atoms with E-state index in [0.717, 1.165) is 10.4 Å². The third kappa shape index (κ3) is 4.36. The number of carbonyl (C=O) groups excluding carboxylic acids is 1. The average molecular weight is 477 g/mol. The molecule has 0 heterocycles. The second-order valence-electron chi connectivity index (χ2n) is 8.21. The van der Waals surface area contributed by atoms with Crippen molar-refractivity contribution in [3.05, 3.63) is 58.6 Å². The minimum Gasteiger partial charge on any atom is -0.349 e. The Kier molecular flexibility index (Phi) is 5.71. The van der Waals surface area contributed by atoms with E-state index in [2.05, 4.69) is 32.9 Å². The molecular weight excluding hydrogens is 452 g/mol. The number of rotatable bonds is 6. The number of benzene rings is 2. The minimum atomic E-state index is -3.79. The van der Waals surface area contributed by atoms with Crippen LogP contribution in [0.15, 0.2) is 57.9 Å². The molecule has 0 aliphatic heterocycles. The highest BCUT2D eigenvalue weighted by atomic mass is 79.9. The zero-order valence-corrected chi connectivity index (χ0v) is 18.7. The lowest BCUT2D eigenvalue weighted by atomic mass is 9.84. The number of anilines is 1. The summed E-state index contributed by atoms with van der Waals surface area (Å²) >= 11 is 3.30. The first-order valence-electron chi connectivity index (χ1n) is 10.0. The summed E-state index contributed by atoms with van der Waals surface area (Å²) in [5, 5.41) is 3.12. The van der Waals surface area contributed by atoms with Crippen LogP contribution in [0.2, 0.25) is 0 Å². The molecule has 0 spiro atoms. The zero-order chi connectivity index (χ0) is 20.6. The Labute approximate surface area is 180 Å². The summed E-state index contributed by atoms with van der Waals surface area (Å²) in [6.45, 7) is 2.07. The van der Waals surface area contributed by atoms with Crippen LogP contribution in [-0.2, 0) is 10.0 Å². The first-order chi connectivity index (χ1) is 13.8. The van der Waals surface area contributed by atoms with E-state index in [-0.39, 0.29) is 22.5 Å². The molecule has 2 fully saturated rings. The lowest BCUT2D eigenvalue weighted by molar-refractivity contribution is 0.0916. The SMILES string of the molecule is CC(NC(=O)c1ccccc1NS(=O)(=O)c1ccc(Br)cc1)C1CC2CCC1C2. The quantitative estimate of drug-likeness (QED) is 0.628. The van der Waals surface area contributed by atoms with E-state index in [0.29, 0.717) is 17.4 Å². The maximum Gasteiger partial charge on any atom is 0.261 e. The summed E-state index contributed by atoms with van der Waals surface area (Å²) in [7, 11) is -3.79. The fraction of sp³-hybridized carbons (Fsp3) is 0.409. The van der Waals surface area contributed by atoms with Gasteiger partial charge < -0.3 is 5.32 Å². The van der Waals surface area contributed by atoms with Gasteiger partial charge in [0, 0.05) is 10.5 Å². The molecule has 5 nitrogen and oxygen atoms in total. The number of hydrogen-bond donors (Lipinski definition) is 2. The van der Waals surface area contributed by atoms with Crippen LogP contribution in [0.1, 0.15) is 43.0 Å². The van der Waals surface area contributed by atoms with E-state index >= 15 is 0 Å². The van der Waals surface area contributed by atoms with Crippen molar-refractivity contribution in [2.75, 3.05) is 4.72 Å². The summed E-state index contributed by atoms with van der Waals surface area (Å²) in [4.78, 5) is 13.1. The fourth-order valence-corrected chi connectivity index (χ4v) is 6.23. The molecule has 4 rings (SSSR count). The molecular formula is C22H25BrN2O3S.